The minimum atomic E-state index is 0.0190. The summed E-state index contributed by atoms with van der Waals surface area (Å²) in [6, 6.07) is 0. The van der Waals surface area contributed by atoms with Crippen molar-refractivity contribution in [3.05, 3.63) is 30.1 Å². The molecule has 25 heavy (non-hydrogen) atoms. The molecular formula is C16H26N8O. The fraction of sp³-hybridized carbons (Fsp3) is 0.625. The molecule has 2 aromatic heterocycles. The van der Waals surface area contributed by atoms with Gasteiger partial charge in [-0.05, 0) is 0 Å². The fourth-order valence-corrected chi connectivity index (χ4v) is 3.01. The van der Waals surface area contributed by atoms with Crippen LogP contribution in [0.25, 0.3) is 0 Å². The lowest BCUT2D eigenvalue weighted by molar-refractivity contribution is -0.00802. The zero-order valence-electron chi connectivity index (χ0n) is 15.1. The quantitative estimate of drug-likeness (QED) is 0.616. The summed E-state index contributed by atoms with van der Waals surface area (Å²) in [7, 11) is 3.73. The van der Waals surface area contributed by atoms with Gasteiger partial charge in [-0.2, -0.15) is 5.10 Å². The number of nitrogens with zero attached hydrogens (tertiary/aromatic N) is 7. The SMILES string of the molecule is CCc1nncn1CCNC(=NC)N1CCOC(c2cnn(C)c2)C1. The van der Waals surface area contributed by atoms with Gasteiger partial charge >= 0.3 is 0 Å². The Morgan fingerprint density at radius 2 is 2.36 bits per heavy atom. The molecule has 1 unspecified atom stereocenters. The normalized spacial score (nSPS) is 18.6. The molecule has 9 nitrogen and oxygen atoms in total. The van der Waals surface area contributed by atoms with Crippen LogP contribution in [0.1, 0.15) is 24.4 Å². The minimum absolute atomic E-state index is 0.0190. The number of hydrogen-bond acceptors (Lipinski definition) is 5. The van der Waals surface area contributed by atoms with Crippen LogP contribution in [0.15, 0.2) is 23.7 Å². The van der Waals surface area contributed by atoms with E-state index in [-0.39, 0.29) is 6.10 Å². The number of aliphatic imine (C=N–C) groups is 1. The van der Waals surface area contributed by atoms with E-state index in [1.165, 1.54) is 0 Å². The van der Waals surface area contributed by atoms with Crippen LogP contribution >= 0.6 is 0 Å². The molecule has 0 bridgehead atoms. The standard InChI is InChI=1S/C16H26N8O/c1-4-15-21-19-12-24(15)6-5-18-16(17-2)23-7-8-25-14(11-23)13-9-20-22(3)10-13/h9-10,12,14H,4-8,11H2,1-3H3,(H,17,18). The second-order valence-electron chi connectivity index (χ2n) is 6.02. The molecule has 1 aliphatic heterocycles. The Bertz CT molecular complexity index is 707. The van der Waals surface area contributed by atoms with Crippen molar-refractivity contribution in [1.82, 2.24) is 34.8 Å². The first-order valence-corrected chi connectivity index (χ1v) is 8.63. The van der Waals surface area contributed by atoms with Gasteiger partial charge in [0.05, 0.1) is 19.3 Å². The molecule has 2 aromatic rings. The van der Waals surface area contributed by atoms with Gasteiger partial charge in [-0.3, -0.25) is 9.67 Å². The third-order valence-electron chi connectivity index (χ3n) is 4.32. The van der Waals surface area contributed by atoms with Crippen molar-refractivity contribution in [2.45, 2.75) is 26.0 Å². The Labute approximate surface area is 147 Å². The van der Waals surface area contributed by atoms with E-state index in [9.17, 15) is 0 Å². The average molecular weight is 346 g/mol. The molecule has 0 saturated carbocycles. The summed E-state index contributed by atoms with van der Waals surface area (Å²) in [6.45, 7) is 5.92. The molecule has 1 N–H and O–H groups in total. The maximum Gasteiger partial charge on any atom is 0.193 e. The monoisotopic (exact) mass is 346 g/mol. The summed E-state index contributed by atoms with van der Waals surface area (Å²) in [5.41, 5.74) is 1.10. The second kappa shape index (κ2) is 8.11. The van der Waals surface area contributed by atoms with Gasteiger partial charge < -0.3 is 19.5 Å². The number of morpholine rings is 1. The summed E-state index contributed by atoms with van der Waals surface area (Å²) in [6.07, 6.45) is 6.54. The van der Waals surface area contributed by atoms with Crippen LogP contribution in [-0.2, 0) is 24.8 Å². The lowest BCUT2D eigenvalue weighted by atomic mass is 10.1. The lowest BCUT2D eigenvalue weighted by Gasteiger charge is -2.34. The number of guanidine groups is 1. The van der Waals surface area contributed by atoms with Crippen molar-refractivity contribution in [1.29, 1.82) is 0 Å². The highest BCUT2D eigenvalue weighted by molar-refractivity contribution is 5.80. The highest BCUT2D eigenvalue weighted by atomic mass is 16.5. The van der Waals surface area contributed by atoms with E-state index in [0.29, 0.717) is 6.61 Å². The number of aryl methyl sites for hydroxylation is 2. The predicted molar refractivity (Wildman–Crippen MR) is 94.2 cm³/mol. The second-order valence-corrected chi connectivity index (χ2v) is 6.02. The molecule has 0 amide bonds. The minimum Gasteiger partial charge on any atom is -0.370 e. The smallest absolute Gasteiger partial charge is 0.193 e. The third kappa shape index (κ3) is 4.16. The molecule has 3 rings (SSSR count). The topological polar surface area (TPSA) is 85.4 Å². The Kier molecular flexibility index (Phi) is 5.64. The van der Waals surface area contributed by atoms with Gasteiger partial charge in [0.25, 0.3) is 0 Å². The summed E-state index contributed by atoms with van der Waals surface area (Å²) in [5, 5.41) is 15.7. The molecule has 1 atom stereocenters. The summed E-state index contributed by atoms with van der Waals surface area (Å²) in [5.74, 6) is 1.89. The van der Waals surface area contributed by atoms with Crippen LogP contribution < -0.4 is 5.32 Å². The van der Waals surface area contributed by atoms with Crippen molar-refractivity contribution in [2.24, 2.45) is 12.0 Å². The molecule has 0 aliphatic carbocycles. The maximum absolute atomic E-state index is 5.90. The summed E-state index contributed by atoms with van der Waals surface area (Å²) < 4.78 is 9.77. The van der Waals surface area contributed by atoms with Crippen molar-refractivity contribution in [2.75, 3.05) is 33.3 Å². The van der Waals surface area contributed by atoms with E-state index in [1.807, 2.05) is 26.5 Å². The van der Waals surface area contributed by atoms with Gasteiger partial charge in [0.2, 0.25) is 0 Å². The Morgan fingerprint density at radius 1 is 1.48 bits per heavy atom. The molecule has 1 saturated heterocycles. The molecule has 3 heterocycles. The lowest BCUT2D eigenvalue weighted by Crippen LogP contribution is -2.48. The zero-order chi connectivity index (χ0) is 17.6. The summed E-state index contributed by atoms with van der Waals surface area (Å²) >= 11 is 0. The molecule has 1 aliphatic rings. The van der Waals surface area contributed by atoms with Crippen LogP contribution in [0, 0.1) is 0 Å². The largest absolute Gasteiger partial charge is 0.370 e. The van der Waals surface area contributed by atoms with Gasteiger partial charge in [-0.1, -0.05) is 6.92 Å². The van der Waals surface area contributed by atoms with Gasteiger partial charge in [0, 0.05) is 51.9 Å². The number of nitrogens with one attached hydrogen (secondary N) is 1. The van der Waals surface area contributed by atoms with Crippen LogP contribution in [0.2, 0.25) is 0 Å². The van der Waals surface area contributed by atoms with Crippen LogP contribution in [0.3, 0.4) is 0 Å². The zero-order valence-corrected chi connectivity index (χ0v) is 15.1. The van der Waals surface area contributed by atoms with E-state index >= 15 is 0 Å². The van der Waals surface area contributed by atoms with Gasteiger partial charge in [-0.25, -0.2) is 0 Å². The Hall–Kier alpha value is -2.42. The van der Waals surface area contributed by atoms with Gasteiger partial charge in [-0.15, -0.1) is 10.2 Å². The first-order valence-electron chi connectivity index (χ1n) is 8.63. The maximum atomic E-state index is 5.90. The molecule has 0 aromatic carbocycles. The molecule has 0 radical (unpaired) electrons. The highest BCUT2D eigenvalue weighted by Gasteiger charge is 2.25. The summed E-state index contributed by atoms with van der Waals surface area (Å²) in [4.78, 5) is 6.65. The Balaban J connectivity index is 1.55. The highest BCUT2D eigenvalue weighted by Crippen LogP contribution is 2.21. The predicted octanol–water partition coefficient (Wildman–Crippen LogP) is 0.223. The van der Waals surface area contributed by atoms with E-state index in [1.54, 1.807) is 11.0 Å². The van der Waals surface area contributed by atoms with Crippen LogP contribution in [-0.4, -0.2) is 68.7 Å². The molecule has 9 heteroatoms. The molecule has 136 valence electrons. The van der Waals surface area contributed by atoms with Gasteiger partial charge in [0.1, 0.15) is 18.3 Å². The van der Waals surface area contributed by atoms with Crippen LogP contribution in [0.5, 0.6) is 0 Å². The van der Waals surface area contributed by atoms with E-state index in [2.05, 4.69) is 42.0 Å². The first kappa shape index (κ1) is 17.4. The van der Waals surface area contributed by atoms with Crippen molar-refractivity contribution in [3.63, 3.8) is 0 Å². The van der Waals surface area contributed by atoms with E-state index in [0.717, 1.165) is 49.9 Å². The average Bonchev–Trinajstić information content (AvgIpc) is 3.27. The Morgan fingerprint density at radius 3 is 3.08 bits per heavy atom. The fourth-order valence-electron chi connectivity index (χ4n) is 3.01. The number of rotatable bonds is 5. The molecule has 0 spiro atoms. The molecular weight excluding hydrogens is 320 g/mol. The van der Waals surface area contributed by atoms with Crippen molar-refractivity contribution >= 4 is 5.96 Å². The molecule has 1 fully saturated rings. The van der Waals surface area contributed by atoms with Crippen molar-refractivity contribution < 1.29 is 4.74 Å². The number of aromatic nitrogens is 5. The van der Waals surface area contributed by atoms with Gasteiger partial charge in [0.15, 0.2) is 5.96 Å². The first-order chi connectivity index (χ1) is 12.2. The van der Waals surface area contributed by atoms with Crippen LogP contribution in [0.4, 0.5) is 0 Å². The van der Waals surface area contributed by atoms with E-state index in [4.69, 9.17) is 4.74 Å². The number of ether oxygens (including phenoxy) is 1. The van der Waals surface area contributed by atoms with Crippen molar-refractivity contribution in [3.8, 4) is 0 Å². The number of hydrogen-bond donors (Lipinski definition) is 1. The third-order valence-corrected chi connectivity index (χ3v) is 4.32. The van der Waals surface area contributed by atoms with E-state index < -0.39 is 0 Å².